The maximum absolute atomic E-state index is 11.4. The van der Waals surface area contributed by atoms with Gasteiger partial charge in [0.2, 0.25) is 11.6 Å². The molecule has 0 unspecified atom stereocenters. The van der Waals surface area contributed by atoms with Crippen LogP contribution in [0.3, 0.4) is 0 Å². The Hall–Kier alpha value is -3.69. The molecule has 154 valence electrons. The number of hydrogen-bond donors (Lipinski definition) is 1. The van der Waals surface area contributed by atoms with Crippen LogP contribution in [0.15, 0.2) is 24.3 Å². The molecule has 1 amide bonds. The van der Waals surface area contributed by atoms with Crippen molar-refractivity contribution in [1.82, 2.24) is 14.6 Å². The molecule has 0 aliphatic rings. The Morgan fingerprint density at radius 1 is 1.07 bits per heavy atom. The van der Waals surface area contributed by atoms with Crippen LogP contribution in [0.2, 0.25) is 0 Å². The summed E-state index contributed by atoms with van der Waals surface area (Å²) in [5, 5.41) is 6.96. The summed E-state index contributed by atoms with van der Waals surface area (Å²) < 4.78 is 28.0. The van der Waals surface area contributed by atoms with E-state index in [0.717, 1.165) is 5.56 Å². The Morgan fingerprint density at radius 2 is 1.76 bits per heavy atom. The fraction of sp³-hybridized carbons (Fsp3) is 0.316. The van der Waals surface area contributed by atoms with Gasteiger partial charge in [-0.2, -0.15) is 0 Å². The van der Waals surface area contributed by atoms with Crippen molar-refractivity contribution < 1.29 is 28.5 Å². The van der Waals surface area contributed by atoms with Crippen LogP contribution < -0.4 is 24.3 Å². The summed E-state index contributed by atoms with van der Waals surface area (Å²) in [6, 6.07) is 7.05. The van der Waals surface area contributed by atoms with Gasteiger partial charge in [0.1, 0.15) is 6.61 Å². The Labute approximate surface area is 167 Å². The molecule has 3 rings (SSSR count). The van der Waals surface area contributed by atoms with Gasteiger partial charge in [-0.05, 0) is 30.7 Å². The molecule has 0 fully saturated rings. The molecular weight excluding hydrogens is 380 g/mol. The molecule has 0 saturated carbocycles. The van der Waals surface area contributed by atoms with Crippen molar-refractivity contribution in [3.05, 3.63) is 35.5 Å². The average Bonchev–Trinajstić information content (AvgIpc) is 3.05. The van der Waals surface area contributed by atoms with Gasteiger partial charge >= 0.3 is 6.09 Å². The maximum Gasteiger partial charge on any atom is 0.412 e. The largest absolute Gasteiger partial charge is 0.493 e. The lowest BCUT2D eigenvalue weighted by Gasteiger charge is -2.14. The van der Waals surface area contributed by atoms with E-state index in [2.05, 4.69) is 20.1 Å². The van der Waals surface area contributed by atoms with Crippen molar-refractivity contribution in [2.24, 2.45) is 0 Å². The molecule has 0 saturated heterocycles. The SMILES string of the molecule is COC(=O)Nc1nc2ccc(OCc3cc(OC)c(OC)c(OC)c3)nn2c1C. The van der Waals surface area contributed by atoms with Crippen molar-refractivity contribution in [2.75, 3.05) is 33.8 Å². The minimum atomic E-state index is -0.602. The number of aromatic nitrogens is 3. The van der Waals surface area contributed by atoms with E-state index in [0.29, 0.717) is 40.3 Å². The molecule has 0 spiro atoms. The number of carbonyl (C=O) groups is 1. The number of nitrogens with zero attached hydrogens (tertiary/aromatic N) is 3. The number of fused-ring (bicyclic) bond motifs is 1. The van der Waals surface area contributed by atoms with Gasteiger partial charge in [-0.15, -0.1) is 5.10 Å². The summed E-state index contributed by atoms with van der Waals surface area (Å²) in [5.41, 5.74) is 2.02. The molecule has 10 nitrogen and oxygen atoms in total. The fourth-order valence-electron chi connectivity index (χ4n) is 2.75. The van der Waals surface area contributed by atoms with Crippen LogP contribution in [-0.4, -0.2) is 49.1 Å². The second-order valence-electron chi connectivity index (χ2n) is 5.93. The Morgan fingerprint density at radius 3 is 2.34 bits per heavy atom. The smallest absolute Gasteiger partial charge is 0.412 e. The molecule has 0 aliphatic heterocycles. The molecule has 1 N–H and O–H groups in total. The van der Waals surface area contributed by atoms with Crippen LogP contribution >= 0.6 is 0 Å². The summed E-state index contributed by atoms with van der Waals surface area (Å²) in [6.07, 6.45) is -0.602. The van der Waals surface area contributed by atoms with Gasteiger partial charge < -0.3 is 23.7 Å². The summed E-state index contributed by atoms with van der Waals surface area (Å²) in [4.78, 5) is 15.7. The number of carbonyl (C=O) groups excluding carboxylic acids is 1. The van der Waals surface area contributed by atoms with Gasteiger partial charge in [0, 0.05) is 6.07 Å². The first kappa shape index (κ1) is 20.1. The number of anilines is 1. The molecule has 2 aromatic heterocycles. The fourth-order valence-corrected chi connectivity index (χ4v) is 2.75. The number of benzene rings is 1. The number of imidazole rings is 1. The molecule has 3 aromatic rings. The third-order valence-electron chi connectivity index (χ3n) is 4.19. The minimum absolute atomic E-state index is 0.232. The third-order valence-corrected chi connectivity index (χ3v) is 4.19. The maximum atomic E-state index is 11.4. The van der Waals surface area contributed by atoms with Crippen molar-refractivity contribution in [1.29, 1.82) is 0 Å². The van der Waals surface area contributed by atoms with Gasteiger partial charge in [-0.3, -0.25) is 5.32 Å². The van der Waals surface area contributed by atoms with E-state index in [4.69, 9.17) is 18.9 Å². The lowest BCUT2D eigenvalue weighted by atomic mass is 10.2. The number of rotatable bonds is 7. The summed E-state index contributed by atoms with van der Waals surface area (Å²) >= 11 is 0. The number of ether oxygens (including phenoxy) is 5. The quantitative estimate of drug-likeness (QED) is 0.643. The van der Waals surface area contributed by atoms with E-state index in [1.54, 1.807) is 57.0 Å². The van der Waals surface area contributed by atoms with Gasteiger partial charge in [0.25, 0.3) is 0 Å². The van der Waals surface area contributed by atoms with E-state index in [9.17, 15) is 4.79 Å². The number of methoxy groups -OCH3 is 4. The molecule has 2 heterocycles. The van der Waals surface area contributed by atoms with Crippen LogP contribution in [0.5, 0.6) is 23.1 Å². The first-order valence-corrected chi connectivity index (χ1v) is 8.63. The van der Waals surface area contributed by atoms with Crippen molar-refractivity contribution >= 4 is 17.6 Å². The first-order valence-electron chi connectivity index (χ1n) is 8.63. The Bertz CT molecular complexity index is 1010. The highest BCUT2D eigenvalue weighted by molar-refractivity contribution is 5.84. The Balaban J connectivity index is 1.82. The number of nitrogens with one attached hydrogen (secondary N) is 1. The Kier molecular flexibility index (Phi) is 5.91. The number of aryl methyl sites for hydroxylation is 1. The highest BCUT2D eigenvalue weighted by Gasteiger charge is 2.15. The molecule has 0 atom stereocenters. The second-order valence-corrected chi connectivity index (χ2v) is 5.93. The van der Waals surface area contributed by atoms with Crippen molar-refractivity contribution in [3.63, 3.8) is 0 Å². The van der Waals surface area contributed by atoms with Crippen molar-refractivity contribution in [2.45, 2.75) is 13.5 Å². The van der Waals surface area contributed by atoms with Gasteiger partial charge in [-0.1, -0.05) is 0 Å². The first-order chi connectivity index (χ1) is 14.0. The van der Waals surface area contributed by atoms with Gasteiger partial charge in [-0.25, -0.2) is 14.3 Å². The van der Waals surface area contributed by atoms with Crippen LogP contribution in [-0.2, 0) is 11.3 Å². The molecule has 0 radical (unpaired) electrons. The average molecular weight is 402 g/mol. The standard InChI is InChI=1S/C19H22N4O6/c1-11-18(21-19(24)28-5)20-15-6-7-16(22-23(11)15)29-10-12-8-13(25-2)17(27-4)14(9-12)26-3/h6-9H,10H2,1-5H3,(H,21,24). The predicted molar refractivity (Wildman–Crippen MR) is 104 cm³/mol. The van der Waals surface area contributed by atoms with Crippen LogP contribution in [0, 0.1) is 6.92 Å². The van der Waals surface area contributed by atoms with E-state index < -0.39 is 6.09 Å². The minimum Gasteiger partial charge on any atom is -0.493 e. The molecule has 0 bridgehead atoms. The summed E-state index contributed by atoms with van der Waals surface area (Å²) in [5.74, 6) is 2.34. The predicted octanol–water partition coefficient (Wildman–Crippen LogP) is 2.82. The highest BCUT2D eigenvalue weighted by atomic mass is 16.5. The molecule has 1 aromatic carbocycles. The van der Waals surface area contributed by atoms with E-state index in [1.807, 2.05) is 0 Å². The molecule has 29 heavy (non-hydrogen) atoms. The van der Waals surface area contributed by atoms with E-state index in [-0.39, 0.29) is 6.61 Å². The summed E-state index contributed by atoms with van der Waals surface area (Å²) in [7, 11) is 5.94. The lowest BCUT2D eigenvalue weighted by Crippen LogP contribution is -2.12. The number of amides is 1. The van der Waals surface area contributed by atoms with E-state index in [1.165, 1.54) is 7.11 Å². The molecule has 0 aliphatic carbocycles. The van der Waals surface area contributed by atoms with Crippen LogP contribution in [0.25, 0.3) is 5.65 Å². The zero-order valence-electron chi connectivity index (χ0n) is 16.8. The summed E-state index contributed by atoms with van der Waals surface area (Å²) in [6.45, 7) is 2.01. The van der Waals surface area contributed by atoms with Crippen molar-refractivity contribution in [3.8, 4) is 23.1 Å². The molecule has 10 heteroatoms. The lowest BCUT2D eigenvalue weighted by molar-refractivity contribution is 0.187. The van der Waals surface area contributed by atoms with Gasteiger partial charge in [0.15, 0.2) is 23.0 Å². The van der Waals surface area contributed by atoms with Crippen LogP contribution in [0.1, 0.15) is 11.3 Å². The second kappa shape index (κ2) is 8.55. The zero-order valence-corrected chi connectivity index (χ0v) is 16.8. The molecular formula is C19H22N4O6. The monoisotopic (exact) mass is 402 g/mol. The highest BCUT2D eigenvalue weighted by Crippen LogP contribution is 2.38. The topological polar surface area (TPSA) is 105 Å². The zero-order chi connectivity index (χ0) is 21.0. The third kappa shape index (κ3) is 4.10. The normalized spacial score (nSPS) is 10.5. The number of hydrogen-bond acceptors (Lipinski definition) is 8. The van der Waals surface area contributed by atoms with E-state index >= 15 is 0 Å². The van der Waals surface area contributed by atoms with Gasteiger partial charge in [0.05, 0.1) is 34.1 Å². The van der Waals surface area contributed by atoms with Crippen LogP contribution in [0.4, 0.5) is 10.6 Å².